The number of halogens is 1. The molecule has 1 aliphatic heterocycles. The number of hydrogen-bond acceptors (Lipinski definition) is 4. The molecule has 0 bridgehead atoms. The normalized spacial score (nSPS) is 13.4. The highest BCUT2D eigenvalue weighted by molar-refractivity contribution is 6.82. The number of alkyl halides is 1. The first-order chi connectivity index (χ1) is 9.78. The molecule has 20 heavy (non-hydrogen) atoms. The van der Waals surface area contributed by atoms with Crippen molar-refractivity contribution in [1.82, 2.24) is 0 Å². The van der Waals surface area contributed by atoms with Gasteiger partial charge in [-0.25, -0.2) is 5.26 Å². The van der Waals surface area contributed by atoms with Crippen LogP contribution in [0.15, 0.2) is 45.4 Å². The van der Waals surface area contributed by atoms with Crippen LogP contribution in [0.4, 0.5) is 5.69 Å². The van der Waals surface area contributed by atoms with Gasteiger partial charge in [0.15, 0.2) is 0 Å². The van der Waals surface area contributed by atoms with Crippen LogP contribution in [0.25, 0.3) is 0 Å². The summed E-state index contributed by atoms with van der Waals surface area (Å²) in [4.78, 5) is 11.8. The van der Waals surface area contributed by atoms with Gasteiger partial charge in [-0.1, -0.05) is 6.07 Å². The molecule has 1 N–H and O–H groups in total. The Labute approximate surface area is 122 Å². The van der Waals surface area contributed by atoms with E-state index in [1.165, 1.54) is 6.20 Å². The minimum Gasteiger partial charge on any atom is -0.340 e. The van der Waals surface area contributed by atoms with Crippen LogP contribution in [0.5, 0.6) is 0 Å². The lowest BCUT2D eigenvalue weighted by atomic mass is 9.59. The molecule has 1 aromatic carbocycles. The molecular formula is C13H11BClN5. The second-order valence-electron chi connectivity index (χ2n) is 3.94. The first-order valence-electron chi connectivity index (χ1n) is 5.85. The Morgan fingerprint density at radius 1 is 1.60 bits per heavy atom. The van der Waals surface area contributed by atoms with Crippen molar-refractivity contribution in [3.63, 3.8) is 0 Å². The molecule has 1 aromatic rings. The number of nitrogens with zero attached hydrogens (tertiary/aromatic N) is 4. The molecule has 98 valence electrons. The van der Waals surface area contributed by atoms with Gasteiger partial charge in [-0.3, -0.25) is 9.98 Å². The maximum absolute atomic E-state index is 8.96. The maximum Gasteiger partial charge on any atom is 0.429 e. The monoisotopic (exact) mass is 283 g/mol. The molecule has 0 atom stereocenters. The molecule has 2 rings (SSSR count). The summed E-state index contributed by atoms with van der Waals surface area (Å²) in [6.45, 7) is 2.96. The Bertz CT molecular complexity index is 645. The number of nitrogens with one attached hydrogen (secondary N) is 1. The summed E-state index contributed by atoms with van der Waals surface area (Å²) in [6.07, 6.45) is 4.90. The van der Waals surface area contributed by atoms with Crippen LogP contribution < -0.4 is 10.8 Å². The van der Waals surface area contributed by atoms with Crippen molar-refractivity contribution in [3.8, 4) is 5.97 Å². The average molecular weight is 284 g/mol. The lowest BCUT2D eigenvalue weighted by molar-refractivity contribution is 1.35. The van der Waals surface area contributed by atoms with Crippen LogP contribution in [0.3, 0.4) is 0 Å². The van der Waals surface area contributed by atoms with Crippen LogP contribution >= 0.6 is 11.6 Å². The molecule has 0 unspecified atom stereocenters. The number of aliphatic imine (C=N–C) groups is 2. The Hall–Kier alpha value is -2.39. The summed E-state index contributed by atoms with van der Waals surface area (Å²) in [6, 6.07) is 5.81. The minimum atomic E-state index is -0.403. The van der Waals surface area contributed by atoms with Gasteiger partial charge < -0.3 is 10.2 Å². The fourth-order valence-electron chi connectivity index (χ4n) is 1.82. The van der Waals surface area contributed by atoms with Gasteiger partial charge in [0.2, 0.25) is 0 Å². The largest absolute Gasteiger partial charge is 0.429 e. The molecule has 0 saturated heterocycles. The Morgan fingerprint density at radius 2 is 2.45 bits per heavy atom. The summed E-state index contributed by atoms with van der Waals surface area (Å²) in [5, 5.41) is 12.1. The Balaban J connectivity index is 2.21. The summed E-state index contributed by atoms with van der Waals surface area (Å²) in [7, 11) is 0. The second-order valence-corrected chi connectivity index (χ2v) is 4.18. The van der Waals surface area contributed by atoms with E-state index in [0.29, 0.717) is 5.84 Å². The van der Waals surface area contributed by atoms with E-state index in [0.717, 1.165) is 16.7 Å². The van der Waals surface area contributed by atoms with Gasteiger partial charge in [0, 0.05) is 24.1 Å². The summed E-state index contributed by atoms with van der Waals surface area (Å²) < 4.78 is 0. The van der Waals surface area contributed by atoms with Crippen LogP contribution in [0, 0.1) is 11.2 Å². The third-order valence-electron chi connectivity index (χ3n) is 2.71. The highest BCUT2D eigenvalue weighted by Gasteiger charge is 2.23. The van der Waals surface area contributed by atoms with Gasteiger partial charge in [-0.2, -0.15) is 0 Å². The molecule has 0 amide bonds. The van der Waals surface area contributed by atoms with Crippen molar-refractivity contribution in [2.24, 2.45) is 14.9 Å². The van der Waals surface area contributed by atoms with E-state index in [4.69, 9.17) is 16.9 Å². The van der Waals surface area contributed by atoms with Gasteiger partial charge in [0.1, 0.15) is 11.8 Å². The van der Waals surface area contributed by atoms with Gasteiger partial charge >= 0.3 is 6.85 Å². The number of nitriles is 1. The molecular weight excluding hydrogens is 272 g/mol. The van der Waals surface area contributed by atoms with E-state index in [-0.39, 0.29) is 6.00 Å². The molecule has 0 spiro atoms. The minimum absolute atomic E-state index is 0.146. The Kier molecular flexibility index (Phi) is 4.69. The van der Waals surface area contributed by atoms with Crippen molar-refractivity contribution in [1.29, 1.82) is 5.26 Å². The highest BCUT2D eigenvalue weighted by atomic mass is 35.5. The number of anilines is 1. The van der Waals surface area contributed by atoms with Crippen LogP contribution in [-0.4, -0.2) is 31.6 Å². The van der Waals surface area contributed by atoms with Gasteiger partial charge in [-0.05, 0) is 36.0 Å². The zero-order chi connectivity index (χ0) is 14.4. The van der Waals surface area contributed by atoms with Crippen LogP contribution in [-0.2, 0) is 0 Å². The van der Waals surface area contributed by atoms with E-state index in [9.17, 15) is 0 Å². The third-order valence-corrected chi connectivity index (χ3v) is 2.83. The van der Waals surface area contributed by atoms with E-state index < -0.39 is 6.85 Å². The number of amidine groups is 1. The lowest BCUT2D eigenvalue weighted by Gasteiger charge is -2.08. The zero-order valence-electron chi connectivity index (χ0n) is 10.6. The zero-order valence-corrected chi connectivity index (χ0v) is 11.4. The number of hydrogen-bond donors (Lipinski definition) is 1. The topological polar surface area (TPSA) is 72.9 Å². The second kappa shape index (κ2) is 6.69. The fourth-order valence-corrected chi connectivity index (χ4v) is 1.95. The molecule has 7 heteroatoms. The van der Waals surface area contributed by atoms with Crippen molar-refractivity contribution in [2.75, 3.05) is 11.3 Å². The van der Waals surface area contributed by atoms with Gasteiger partial charge in [0.25, 0.3) is 0 Å². The number of fused-ring (bicyclic) bond motifs is 1. The summed E-state index contributed by atoms with van der Waals surface area (Å²) in [5.41, 5.74) is 2.68. The molecule has 0 aliphatic carbocycles. The smallest absolute Gasteiger partial charge is 0.340 e. The van der Waals surface area contributed by atoms with E-state index in [2.05, 4.69) is 32.9 Å². The van der Waals surface area contributed by atoms with Crippen molar-refractivity contribution in [2.45, 2.75) is 0 Å². The van der Waals surface area contributed by atoms with Gasteiger partial charge in [-0.15, -0.1) is 11.6 Å². The highest BCUT2D eigenvalue weighted by Crippen LogP contribution is 2.12. The molecule has 1 heterocycles. The van der Waals surface area contributed by atoms with E-state index in [1.54, 1.807) is 12.3 Å². The lowest BCUT2D eigenvalue weighted by Crippen LogP contribution is -2.25. The average Bonchev–Trinajstić information content (AvgIpc) is 2.87. The SMILES string of the molecule is C=N/C=C\C(=NCCl)Nc1ccc2c(c1)C=NB2C#N. The molecule has 0 fully saturated rings. The first kappa shape index (κ1) is 14.0. The van der Waals surface area contributed by atoms with Crippen molar-refractivity contribution in [3.05, 3.63) is 36.0 Å². The van der Waals surface area contributed by atoms with Gasteiger partial charge in [0.05, 0.1) is 0 Å². The standard InChI is InChI=1S/C13H11BClN5/c1-17-5-4-13(18-9-15)20-11-2-3-12-10(6-11)7-19-14(12)8-16/h2-7H,1,9H2,(H,18,20)/b5-4-. The predicted molar refractivity (Wildman–Crippen MR) is 85.5 cm³/mol. The number of rotatable bonds is 4. The van der Waals surface area contributed by atoms with Crippen LogP contribution in [0.1, 0.15) is 5.56 Å². The van der Waals surface area contributed by atoms with Crippen LogP contribution in [0.2, 0.25) is 0 Å². The molecule has 0 radical (unpaired) electrons. The van der Waals surface area contributed by atoms with E-state index >= 15 is 0 Å². The summed E-state index contributed by atoms with van der Waals surface area (Å²) >= 11 is 5.61. The molecule has 0 aromatic heterocycles. The van der Waals surface area contributed by atoms with Crippen molar-refractivity contribution >= 4 is 48.4 Å². The fraction of sp³-hybridized carbons (Fsp3) is 0.0769. The quantitative estimate of drug-likeness (QED) is 0.300. The Morgan fingerprint density at radius 3 is 3.15 bits per heavy atom. The molecule has 5 nitrogen and oxygen atoms in total. The summed E-state index contributed by atoms with van der Waals surface area (Å²) in [5.74, 6) is 2.72. The maximum atomic E-state index is 8.96. The predicted octanol–water partition coefficient (Wildman–Crippen LogP) is 1.60. The molecule has 0 saturated carbocycles. The number of benzene rings is 1. The molecule has 1 aliphatic rings. The van der Waals surface area contributed by atoms with E-state index in [1.807, 2.05) is 18.2 Å². The van der Waals surface area contributed by atoms with Crippen molar-refractivity contribution < 1.29 is 0 Å². The third kappa shape index (κ3) is 3.14. The first-order valence-corrected chi connectivity index (χ1v) is 6.38.